The molecule has 7 nitrogen and oxygen atoms in total. The summed E-state index contributed by atoms with van der Waals surface area (Å²) in [6.45, 7) is 1.99. The highest BCUT2D eigenvalue weighted by Gasteiger charge is 2.20. The van der Waals surface area contributed by atoms with Crippen molar-refractivity contribution in [3.8, 4) is 23.0 Å². The molecule has 126 valence electrons. The lowest BCUT2D eigenvalue weighted by molar-refractivity contribution is 0.508. The van der Waals surface area contributed by atoms with Crippen LogP contribution in [0, 0.1) is 0 Å². The Balaban J connectivity index is 1.53. The monoisotopic (exact) mass is 353 g/mol. The van der Waals surface area contributed by atoms with Crippen LogP contribution in [-0.4, -0.2) is 25.0 Å². The van der Waals surface area contributed by atoms with Crippen LogP contribution in [0.15, 0.2) is 62.7 Å². The maximum atomic E-state index is 5.80. The Morgan fingerprint density at radius 2 is 1.84 bits per heavy atom. The quantitative estimate of drug-likeness (QED) is 0.502. The van der Waals surface area contributed by atoms with Crippen LogP contribution >= 0.6 is 11.8 Å². The van der Waals surface area contributed by atoms with E-state index in [1.165, 1.54) is 11.8 Å². The van der Waals surface area contributed by atoms with E-state index in [0.29, 0.717) is 23.4 Å². The van der Waals surface area contributed by atoms with E-state index in [0.717, 1.165) is 10.7 Å². The third-order valence-electron chi connectivity index (χ3n) is 3.67. The van der Waals surface area contributed by atoms with Crippen molar-refractivity contribution in [1.29, 1.82) is 0 Å². The molecule has 0 spiro atoms. The second-order valence-electron chi connectivity index (χ2n) is 5.41. The molecule has 1 aromatic carbocycles. The largest absolute Gasteiger partial charge is 0.461 e. The minimum atomic E-state index is -0.0580. The molecular weight excluding hydrogens is 338 g/mol. The summed E-state index contributed by atoms with van der Waals surface area (Å²) in [5.41, 5.74) is 0.900. The predicted octanol–water partition coefficient (Wildman–Crippen LogP) is 3.98. The van der Waals surface area contributed by atoms with Crippen LogP contribution in [0.4, 0.5) is 0 Å². The molecule has 4 rings (SSSR count). The van der Waals surface area contributed by atoms with E-state index in [2.05, 4.69) is 20.4 Å². The molecule has 0 saturated carbocycles. The molecule has 0 amide bonds. The highest BCUT2D eigenvalue weighted by molar-refractivity contribution is 7.99. The molecule has 4 aromatic rings. The van der Waals surface area contributed by atoms with Gasteiger partial charge in [0.15, 0.2) is 16.7 Å². The van der Waals surface area contributed by atoms with Crippen LogP contribution < -0.4 is 0 Å². The number of rotatable bonds is 5. The van der Waals surface area contributed by atoms with Gasteiger partial charge in [-0.2, -0.15) is 0 Å². The Bertz CT molecular complexity index is 962. The molecule has 0 radical (unpaired) electrons. The minimum Gasteiger partial charge on any atom is -0.461 e. The fraction of sp³-hybridized carbons (Fsp3) is 0.176. The van der Waals surface area contributed by atoms with Gasteiger partial charge in [0.1, 0.15) is 0 Å². The SMILES string of the molecule is C[C@@H](Sc1nnc(-c2ccco2)n1C)c1nnc(-c2ccccc2)o1. The van der Waals surface area contributed by atoms with Gasteiger partial charge in [0.2, 0.25) is 11.8 Å². The molecule has 1 atom stereocenters. The number of furan rings is 1. The summed E-state index contributed by atoms with van der Waals surface area (Å²) in [6.07, 6.45) is 1.61. The third kappa shape index (κ3) is 3.08. The average molecular weight is 353 g/mol. The van der Waals surface area contributed by atoms with Crippen molar-refractivity contribution in [2.45, 2.75) is 17.3 Å². The zero-order chi connectivity index (χ0) is 17.2. The van der Waals surface area contributed by atoms with Gasteiger partial charge < -0.3 is 13.4 Å². The average Bonchev–Trinajstić information content (AvgIpc) is 3.37. The Morgan fingerprint density at radius 1 is 1.00 bits per heavy atom. The summed E-state index contributed by atoms with van der Waals surface area (Å²) in [5.74, 6) is 2.41. The second-order valence-corrected chi connectivity index (χ2v) is 6.72. The first kappa shape index (κ1) is 15.6. The van der Waals surface area contributed by atoms with E-state index in [1.807, 2.05) is 61.0 Å². The maximum absolute atomic E-state index is 5.80. The lowest BCUT2D eigenvalue weighted by Crippen LogP contribution is -1.96. The number of aromatic nitrogens is 5. The number of hydrogen-bond acceptors (Lipinski definition) is 7. The van der Waals surface area contributed by atoms with Crippen LogP contribution in [0.3, 0.4) is 0 Å². The molecule has 0 saturated heterocycles. The molecule has 3 aromatic heterocycles. The van der Waals surface area contributed by atoms with Crippen LogP contribution in [0.5, 0.6) is 0 Å². The molecule has 0 aliphatic carbocycles. The topological polar surface area (TPSA) is 82.8 Å². The molecule has 0 N–H and O–H groups in total. The fourth-order valence-corrected chi connectivity index (χ4v) is 3.19. The Labute approximate surface area is 148 Å². The van der Waals surface area contributed by atoms with Crippen molar-refractivity contribution < 1.29 is 8.83 Å². The lowest BCUT2D eigenvalue weighted by Gasteiger charge is -2.06. The molecule has 0 unspecified atom stereocenters. The van der Waals surface area contributed by atoms with Gasteiger partial charge in [-0.05, 0) is 31.2 Å². The molecule has 0 bridgehead atoms. The van der Waals surface area contributed by atoms with Crippen LogP contribution in [-0.2, 0) is 7.05 Å². The van der Waals surface area contributed by atoms with Gasteiger partial charge in [0.25, 0.3) is 0 Å². The lowest BCUT2D eigenvalue weighted by atomic mass is 10.2. The first-order valence-electron chi connectivity index (χ1n) is 7.71. The van der Waals surface area contributed by atoms with Crippen LogP contribution in [0.2, 0.25) is 0 Å². The minimum absolute atomic E-state index is 0.0580. The molecular formula is C17H15N5O2S. The summed E-state index contributed by atoms with van der Waals surface area (Å²) in [5, 5.41) is 17.4. The molecule has 0 fully saturated rings. The zero-order valence-electron chi connectivity index (χ0n) is 13.7. The Hall–Kier alpha value is -2.87. The standard InChI is InChI=1S/C17H15N5O2S/c1-11(15-19-20-16(24-15)12-7-4-3-5-8-12)25-17-21-18-14(22(17)2)13-9-6-10-23-13/h3-11H,1-2H3/t11-/m1/s1. The summed E-state index contributed by atoms with van der Waals surface area (Å²) >= 11 is 1.50. The first-order valence-corrected chi connectivity index (χ1v) is 8.59. The third-order valence-corrected chi connectivity index (χ3v) is 4.79. The molecule has 3 heterocycles. The van der Waals surface area contributed by atoms with Crippen molar-refractivity contribution in [2.75, 3.05) is 0 Å². The van der Waals surface area contributed by atoms with Gasteiger partial charge >= 0.3 is 0 Å². The normalized spacial score (nSPS) is 12.4. The van der Waals surface area contributed by atoms with E-state index < -0.39 is 0 Å². The van der Waals surface area contributed by atoms with E-state index in [9.17, 15) is 0 Å². The van der Waals surface area contributed by atoms with E-state index in [4.69, 9.17) is 8.83 Å². The number of thioether (sulfide) groups is 1. The van der Waals surface area contributed by atoms with Crippen LogP contribution in [0.25, 0.3) is 23.0 Å². The van der Waals surface area contributed by atoms with Crippen LogP contribution in [0.1, 0.15) is 18.1 Å². The summed E-state index contributed by atoms with van der Waals surface area (Å²) in [6, 6.07) is 13.4. The smallest absolute Gasteiger partial charge is 0.247 e. The maximum Gasteiger partial charge on any atom is 0.247 e. The molecule has 8 heteroatoms. The summed E-state index contributed by atoms with van der Waals surface area (Å²) in [7, 11) is 1.90. The van der Waals surface area contributed by atoms with Gasteiger partial charge in [0.05, 0.1) is 11.5 Å². The van der Waals surface area contributed by atoms with Gasteiger partial charge in [0, 0.05) is 12.6 Å². The van der Waals surface area contributed by atoms with Gasteiger partial charge in [-0.15, -0.1) is 20.4 Å². The van der Waals surface area contributed by atoms with E-state index >= 15 is 0 Å². The highest BCUT2D eigenvalue weighted by atomic mass is 32.2. The highest BCUT2D eigenvalue weighted by Crippen LogP contribution is 2.35. The van der Waals surface area contributed by atoms with E-state index in [-0.39, 0.29) is 5.25 Å². The molecule has 0 aliphatic rings. The second kappa shape index (κ2) is 6.56. The van der Waals surface area contributed by atoms with Gasteiger partial charge in [-0.3, -0.25) is 0 Å². The summed E-state index contributed by atoms with van der Waals surface area (Å²) < 4.78 is 13.1. The van der Waals surface area contributed by atoms with Crippen molar-refractivity contribution in [3.63, 3.8) is 0 Å². The predicted molar refractivity (Wildman–Crippen MR) is 92.7 cm³/mol. The van der Waals surface area contributed by atoms with Crippen molar-refractivity contribution >= 4 is 11.8 Å². The molecule has 0 aliphatic heterocycles. The molecule has 25 heavy (non-hydrogen) atoms. The number of nitrogens with zero attached hydrogens (tertiary/aromatic N) is 5. The fourth-order valence-electron chi connectivity index (χ4n) is 2.34. The van der Waals surface area contributed by atoms with Crippen molar-refractivity contribution in [1.82, 2.24) is 25.0 Å². The van der Waals surface area contributed by atoms with Gasteiger partial charge in [-0.1, -0.05) is 30.0 Å². The van der Waals surface area contributed by atoms with Gasteiger partial charge in [-0.25, -0.2) is 0 Å². The van der Waals surface area contributed by atoms with Crippen molar-refractivity contribution in [3.05, 3.63) is 54.6 Å². The first-order chi connectivity index (χ1) is 12.2. The Morgan fingerprint density at radius 3 is 2.60 bits per heavy atom. The Kier molecular flexibility index (Phi) is 4.10. The van der Waals surface area contributed by atoms with E-state index in [1.54, 1.807) is 6.26 Å². The van der Waals surface area contributed by atoms with Crippen molar-refractivity contribution in [2.24, 2.45) is 7.05 Å². The number of benzene rings is 1. The summed E-state index contributed by atoms with van der Waals surface area (Å²) in [4.78, 5) is 0. The zero-order valence-corrected chi connectivity index (χ0v) is 14.5. The number of hydrogen-bond donors (Lipinski definition) is 0.